The lowest BCUT2D eigenvalue weighted by Gasteiger charge is -2.28. The molecule has 0 radical (unpaired) electrons. The number of fused-ring (bicyclic) bond motifs is 1. The molecule has 7 heteroatoms. The number of allylic oxidation sites excluding steroid dienone is 4. The first-order valence-electron chi connectivity index (χ1n) is 8.53. The van der Waals surface area contributed by atoms with Crippen molar-refractivity contribution in [2.45, 2.75) is 32.9 Å². The van der Waals surface area contributed by atoms with Crippen molar-refractivity contribution in [2.24, 2.45) is 0 Å². The molecule has 0 bridgehead atoms. The minimum atomic E-state index is -0.460. The number of benzene rings is 1. The molecule has 1 aromatic carbocycles. The van der Waals surface area contributed by atoms with Gasteiger partial charge in [-0.2, -0.15) is 0 Å². The van der Waals surface area contributed by atoms with Crippen LogP contribution in [0.2, 0.25) is 0 Å². The fraction of sp³-hybridized carbons (Fsp3) is 0.250. The van der Waals surface area contributed by atoms with Crippen LogP contribution in [0.4, 0.5) is 9.18 Å². The van der Waals surface area contributed by atoms with Crippen LogP contribution in [0, 0.1) is 0 Å². The summed E-state index contributed by atoms with van der Waals surface area (Å²) in [7, 11) is 0. The third kappa shape index (κ3) is 4.52. The predicted molar refractivity (Wildman–Crippen MR) is 101 cm³/mol. The van der Waals surface area contributed by atoms with Gasteiger partial charge >= 0.3 is 6.09 Å². The number of hydrogen-bond acceptors (Lipinski definition) is 4. The maximum Gasteiger partial charge on any atom is 0.415 e. The smallest absolute Gasteiger partial charge is 0.410 e. The van der Waals surface area contributed by atoms with Crippen LogP contribution in [-0.4, -0.2) is 21.0 Å². The Morgan fingerprint density at radius 3 is 2.85 bits per heavy atom. The van der Waals surface area contributed by atoms with Gasteiger partial charge in [0.05, 0.1) is 18.1 Å². The van der Waals surface area contributed by atoms with E-state index >= 15 is 0 Å². The Morgan fingerprint density at radius 2 is 2.15 bits per heavy atom. The largest absolute Gasteiger partial charge is 0.415 e. The van der Waals surface area contributed by atoms with E-state index in [-0.39, 0.29) is 17.5 Å². The molecule has 1 aliphatic heterocycles. The molecule has 0 saturated heterocycles. The number of hydrogen-bond donors (Lipinski definition) is 0. The van der Waals surface area contributed by atoms with E-state index in [9.17, 15) is 9.18 Å². The van der Waals surface area contributed by atoms with Gasteiger partial charge in [-0.1, -0.05) is 30.7 Å². The Hall–Kier alpha value is -2.73. The Kier molecular flexibility index (Phi) is 5.86. The van der Waals surface area contributed by atoms with E-state index in [1.54, 1.807) is 31.5 Å². The van der Waals surface area contributed by atoms with E-state index in [2.05, 4.69) is 9.97 Å². The molecule has 0 N–H and O–H groups in total. The van der Waals surface area contributed by atoms with Crippen molar-refractivity contribution >= 4 is 17.7 Å². The molecule has 1 aliphatic rings. The zero-order valence-electron chi connectivity index (χ0n) is 15.0. The summed E-state index contributed by atoms with van der Waals surface area (Å²) in [6, 6.07) is 7.19. The van der Waals surface area contributed by atoms with Gasteiger partial charge in [0.1, 0.15) is 17.4 Å². The molecule has 140 valence electrons. The molecule has 0 aliphatic carbocycles. The number of carbonyl (C=O) groups excluding carboxylic acids is 1. The van der Waals surface area contributed by atoms with Gasteiger partial charge in [-0.05, 0) is 36.8 Å². The van der Waals surface area contributed by atoms with Crippen LogP contribution in [0.25, 0.3) is 0 Å². The second kappa shape index (κ2) is 8.31. The van der Waals surface area contributed by atoms with Crippen LogP contribution in [-0.2, 0) is 13.1 Å². The highest BCUT2D eigenvalue weighted by atomic mass is 35.5. The highest BCUT2D eigenvalue weighted by molar-refractivity contribution is 6.31. The summed E-state index contributed by atoms with van der Waals surface area (Å²) >= 11 is 5.82. The minimum Gasteiger partial charge on any atom is -0.410 e. The van der Waals surface area contributed by atoms with E-state index in [0.29, 0.717) is 18.1 Å². The van der Waals surface area contributed by atoms with Crippen LogP contribution in [0.5, 0.6) is 5.75 Å². The molecule has 1 amide bonds. The van der Waals surface area contributed by atoms with Gasteiger partial charge < -0.3 is 4.74 Å². The first-order chi connectivity index (χ1) is 13.0. The Morgan fingerprint density at radius 1 is 1.41 bits per heavy atom. The number of aromatic nitrogens is 2. The molecular formula is C20H19ClFN3O2. The van der Waals surface area contributed by atoms with Crippen molar-refractivity contribution in [1.82, 2.24) is 14.9 Å². The van der Waals surface area contributed by atoms with Crippen LogP contribution >= 0.6 is 11.6 Å². The second-order valence-corrected chi connectivity index (χ2v) is 6.60. The van der Waals surface area contributed by atoms with Gasteiger partial charge in [0, 0.05) is 23.9 Å². The normalized spacial score (nSPS) is 16.0. The lowest BCUT2D eigenvalue weighted by molar-refractivity contribution is 0.133. The van der Waals surface area contributed by atoms with Gasteiger partial charge in [-0.15, -0.1) is 0 Å². The Bertz CT molecular complexity index is 899. The number of nitrogens with zero attached hydrogens (tertiary/aromatic N) is 3. The highest BCUT2D eigenvalue weighted by Crippen LogP contribution is 2.31. The number of carbonyl (C=O) groups is 1. The standard InChI is InChI=1S/C20H19ClFN3O2/c1-3-16(21)17(22)9-13(2)14-5-6-18-15(10-14)11-25(20(26)27-18)12-19-23-7-4-8-24-19/h3-10,13H,11-12H2,1-2H3/b16-3+,17-9+. The third-order valence-corrected chi connectivity index (χ3v) is 4.66. The van der Waals surface area contributed by atoms with Crippen molar-refractivity contribution in [1.29, 1.82) is 0 Å². The highest BCUT2D eigenvalue weighted by Gasteiger charge is 2.26. The fourth-order valence-electron chi connectivity index (χ4n) is 2.77. The monoisotopic (exact) mass is 387 g/mol. The van der Waals surface area contributed by atoms with Crippen LogP contribution < -0.4 is 4.74 Å². The summed E-state index contributed by atoms with van der Waals surface area (Å²) in [5.74, 6) is 0.400. The summed E-state index contributed by atoms with van der Waals surface area (Å²) in [5.41, 5.74) is 1.75. The molecule has 5 nitrogen and oxygen atoms in total. The molecule has 2 aromatic rings. The Balaban J connectivity index is 1.80. The summed E-state index contributed by atoms with van der Waals surface area (Å²) in [6.45, 7) is 4.18. The van der Waals surface area contributed by atoms with Crippen LogP contribution in [0.15, 0.2) is 59.7 Å². The molecule has 3 rings (SSSR count). The zero-order valence-corrected chi connectivity index (χ0v) is 15.8. The topological polar surface area (TPSA) is 55.3 Å². The quantitative estimate of drug-likeness (QED) is 0.670. The molecule has 0 fully saturated rings. The van der Waals surface area contributed by atoms with E-state index in [0.717, 1.165) is 11.1 Å². The maximum absolute atomic E-state index is 14.0. The lowest BCUT2D eigenvalue weighted by atomic mass is 9.97. The summed E-state index contributed by atoms with van der Waals surface area (Å²) in [4.78, 5) is 22.0. The van der Waals surface area contributed by atoms with Crippen molar-refractivity contribution in [2.75, 3.05) is 0 Å². The minimum absolute atomic E-state index is 0.0859. The van der Waals surface area contributed by atoms with Gasteiger partial charge in [-0.3, -0.25) is 4.90 Å². The van der Waals surface area contributed by atoms with E-state index < -0.39 is 11.9 Å². The average molecular weight is 388 g/mol. The molecule has 27 heavy (non-hydrogen) atoms. The van der Waals surface area contributed by atoms with Crippen molar-refractivity contribution in [3.8, 4) is 5.75 Å². The molecule has 0 saturated carbocycles. The predicted octanol–water partition coefficient (Wildman–Crippen LogP) is 5.09. The molecule has 1 unspecified atom stereocenters. The summed E-state index contributed by atoms with van der Waals surface area (Å²) in [6.07, 6.45) is 5.79. The fourth-order valence-corrected chi connectivity index (χ4v) is 2.83. The van der Waals surface area contributed by atoms with Gasteiger partial charge in [0.15, 0.2) is 0 Å². The first kappa shape index (κ1) is 19.0. The average Bonchev–Trinajstić information content (AvgIpc) is 2.68. The van der Waals surface area contributed by atoms with Gasteiger partial charge in [-0.25, -0.2) is 19.2 Å². The number of rotatable bonds is 5. The van der Waals surface area contributed by atoms with E-state index in [1.807, 2.05) is 19.1 Å². The molecule has 0 spiro atoms. The number of halogens is 2. The van der Waals surface area contributed by atoms with Gasteiger partial charge in [0.25, 0.3) is 0 Å². The lowest BCUT2D eigenvalue weighted by Crippen LogP contribution is -2.37. The summed E-state index contributed by atoms with van der Waals surface area (Å²) < 4.78 is 19.4. The third-order valence-electron chi connectivity index (χ3n) is 4.26. The SMILES string of the molecule is C/C=C(Cl)\C(F)=C/C(C)c1ccc2c(c1)CN(Cc1ncccn1)C(=O)O2. The second-order valence-electron chi connectivity index (χ2n) is 6.20. The van der Waals surface area contributed by atoms with E-state index in [1.165, 1.54) is 17.1 Å². The number of ether oxygens (including phenoxy) is 1. The zero-order chi connectivity index (χ0) is 19.4. The molecular weight excluding hydrogens is 369 g/mol. The molecule has 1 aromatic heterocycles. The molecule has 1 atom stereocenters. The maximum atomic E-state index is 14.0. The first-order valence-corrected chi connectivity index (χ1v) is 8.90. The van der Waals surface area contributed by atoms with Crippen LogP contribution in [0.1, 0.15) is 36.7 Å². The van der Waals surface area contributed by atoms with Crippen molar-refractivity contribution < 1.29 is 13.9 Å². The molecule has 2 heterocycles. The Labute approximate surface area is 162 Å². The van der Waals surface area contributed by atoms with Crippen molar-refractivity contribution in [3.63, 3.8) is 0 Å². The number of amides is 1. The van der Waals surface area contributed by atoms with E-state index in [4.69, 9.17) is 16.3 Å². The van der Waals surface area contributed by atoms with Crippen molar-refractivity contribution in [3.05, 3.63) is 76.6 Å². The van der Waals surface area contributed by atoms with Crippen LogP contribution in [0.3, 0.4) is 0 Å². The summed E-state index contributed by atoms with van der Waals surface area (Å²) in [5, 5.41) is 0.0859. The van der Waals surface area contributed by atoms with Gasteiger partial charge in [0.2, 0.25) is 0 Å².